The molecule has 0 radical (unpaired) electrons. The van der Waals surface area contributed by atoms with Crippen LogP contribution < -0.4 is 11.5 Å². The van der Waals surface area contributed by atoms with Crippen LogP contribution >= 0.6 is 0 Å². The molecular weight excluding hydrogens is 286 g/mol. The van der Waals surface area contributed by atoms with E-state index < -0.39 is 10.4 Å². The normalized spacial score (nSPS) is 10.2. The van der Waals surface area contributed by atoms with E-state index in [9.17, 15) is 0 Å². The van der Waals surface area contributed by atoms with Crippen molar-refractivity contribution in [3.63, 3.8) is 0 Å². The second kappa shape index (κ2) is 10.4. The second-order valence-electron chi connectivity index (χ2n) is 3.70. The van der Waals surface area contributed by atoms with E-state index in [4.69, 9.17) is 34.2 Å². The smallest absolute Gasteiger partial charge is 0.394 e. The standard InChI is InChI=1S/C7H10N2.C4H11NO.H2O4S/c1-5-4-6(8)2-3-7(5)9;1-3-5(6)4-2;1-5(2,3)4/h2-4H,8-9H2,1H3;6H,3-4H2,1-2H3;(H2,1,2,3,4). The van der Waals surface area contributed by atoms with Crippen molar-refractivity contribution in [3.8, 4) is 0 Å². The Morgan fingerprint density at radius 1 is 1.15 bits per heavy atom. The SMILES string of the molecule is CCN(O)CC.Cc1cc(N)ccc1N.O=S(=O)(O)O. The average Bonchev–Trinajstić information content (AvgIpc) is 2.32. The third kappa shape index (κ3) is 16.6. The largest absolute Gasteiger partial charge is 0.399 e. The molecule has 0 bridgehead atoms. The van der Waals surface area contributed by atoms with Crippen LogP contribution in [0.4, 0.5) is 11.4 Å². The van der Waals surface area contributed by atoms with E-state index >= 15 is 0 Å². The molecule has 0 aliphatic heterocycles. The molecule has 0 heterocycles. The number of nitrogens with two attached hydrogens (primary N) is 2. The Hall–Kier alpha value is -1.39. The van der Waals surface area contributed by atoms with Gasteiger partial charge in [-0.25, -0.2) is 0 Å². The Balaban J connectivity index is 0. The minimum Gasteiger partial charge on any atom is -0.399 e. The number of hydrogen-bond acceptors (Lipinski definition) is 6. The van der Waals surface area contributed by atoms with Gasteiger partial charge in [0.05, 0.1) is 0 Å². The zero-order valence-corrected chi connectivity index (χ0v) is 12.6. The van der Waals surface area contributed by atoms with Crippen molar-refractivity contribution >= 4 is 21.8 Å². The Morgan fingerprint density at radius 3 is 1.75 bits per heavy atom. The van der Waals surface area contributed by atoms with E-state index in [0.717, 1.165) is 30.0 Å². The summed E-state index contributed by atoms with van der Waals surface area (Å²) in [6.07, 6.45) is 0. The van der Waals surface area contributed by atoms with Crippen LogP contribution in [-0.2, 0) is 10.4 Å². The average molecular weight is 309 g/mol. The maximum Gasteiger partial charge on any atom is 0.394 e. The summed E-state index contributed by atoms with van der Waals surface area (Å²) >= 11 is 0. The maximum atomic E-state index is 8.74. The molecular formula is C11H23N3O5S. The van der Waals surface area contributed by atoms with Crippen LogP contribution in [0.2, 0.25) is 0 Å². The van der Waals surface area contributed by atoms with E-state index in [1.165, 1.54) is 5.06 Å². The van der Waals surface area contributed by atoms with Gasteiger partial charge in [-0.2, -0.15) is 13.5 Å². The van der Waals surface area contributed by atoms with Crippen molar-refractivity contribution in [3.05, 3.63) is 23.8 Å². The molecule has 0 aliphatic carbocycles. The summed E-state index contributed by atoms with van der Waals surface area (Å²) in [5.74, 6) is 0. The van der Waals surface area contributed by atoms with Gasteiger partial charge in [0.2, 0.25) is 0 Å². The van der Waals surface area contributed by atoms with Crippen LogP contribution in [-0.4, -0.2) is 40.9 Å². The highest BCUT2D eigenvalue weighted by atomic mass is 32.3. The number of benzene rings is 1. The maximum absolute atomic E-state index is 8.74. The molecule has 0 aliphatic rings. The zero-order valence-electron chi connectivity index (χ0n) is 11.8. The van der Waals surface area contributed by atoms with Crippen molar-refractivity contribution in [2.24, 2.45) is 0 Å². The first-order valence-corrected chi connectivity index (χ1v) is 7.16. The van der Waals surface area contributed by atoms with Gasteiger partial charge in [-0.1, -0.05) is 13.8 Å². The predicted octanol–water partition coefficient (Wildman–Crippen LogP) is 1.22. The molecule has 1 rings (SSSR count). The summed E-state index contributed by atoms with van der Waals surface area (Å²) in [7, 11) is -4.67. The monoisotopic (exact) mass is 309 g/mol. The summed E-state index contributed by atoms with van der Waals surface area (Å²) in [6.45, 7) is 7.19. The molecule has 7 N–H and O–H groups in total. The molecule has 0 amide bonds. The molecule has 20 heavy (non-hydrogen) atoms. The molecule has 9 heteroatoms. The molecule has 118 valence electrons. The molecule has 8 nitrogen and oxygen atoms in total. The minimum atomic E-state index is -4.67. The third-order valence-electron chi connectivity index (χ3n) is 2.02. The lowest BCUT2D eigenvalue weighted by Crippen LogP contribution is -2.16. The van der Waals surface area contributed by atoms with Gasteiger partial charge in [0.15, 0.2) is 0 Å². The van der Waals surface area contributed by atoms with Crippen LogP contribution in [0.15, 0.2) is 18.2 Å². The predicted molar refractivity (Wildman–Crippen MR) is 78.9 cm³/mol. The highest BCUT2D eigenvalue weighted by molar-refractivity contribution is 7.79. The number of nitrogen functional groups attached to an aromatic ring is 2. The number of nitrogens with zero attached hydrogens (tertiary/aromatic N) is 1. The fraction of sp³-hybridized carbons (Fsp3) is 0.455. The topological polar surface area (TPSA) is 150 Å². The van der Waals surface area contributed by atoms with E-state index in [-0.39, 0.29) is 0 Å². The molecule has 0 saturated heterocycles. The highest BCUT2D eigenvalue weighted by Crippen LogP contribution is 2.12. The van der Waals surface area contributed by atoms with Gasteiger partial charge < -0.3 is 16.7 Å². The second-order valence-corrected chi connectivity index (χ2v) is 4.60. The van der Waals surface area contributed by atoms with Crippen LogP contribution in [0.1, 0.15) is 19.4 Å². The number of rotatable bonds is 2. The fourth-order valence-corrected chi connectivity index (χ4v) is 0.923. The molecule has 0 fully saturated rings. The summed E-state index contributed by atoms with van der Waals surface area (Å²) in [4.78, 5) is 0. The van der Waals surface area contributed by atoms with E-state index in [0.29, 0.717) is 0 Å². The summed E-state index contributed by atoms with van der Waals surface area (Å²) in [5.41, 5.74) is 13.6. The summed E-state index contributed by atoms with van der Waals surface area (Å²) < 4.78 is 31.6. The van der Waals surface area contributed by atoms with Gasteiger partial charge in [0, 0.05) is 24.5 Å². The van der Waals surface area contributed by atoms with Crippen molar-refractivity contribution in [2.45, 2.75) is 20.8 Å². The van der Waals surface area contributed by atoms with Crippen molar-refractivity contribution in [2.75, 3.05) is 24.6 Å². The molecule has 1 aromatic carbocycles. The Bertz CT molecular complexity index is 467. The van der Waals surface area contributed by atoms with Gasteiger partial charge in [0.1, 0.15) is 0 Å². The number of hydroxylamine groups is 2. The van der Waals surface area contributed by atoms with Crippen LogP contribution in [0.3, 0.4) is 0 Å². The Kier molecular flexibility index (Phi) is 10.9. The highest BCUT2D eigenvalue weighted by Gasteiger charge is 1.90. The van der Waals surface area contributed by atoms with Gasteiger partial charge in [-0.3, -0.25) is 9.11 Å². The number of hydrogen-bond donors (Lipinski definition) is 5. The van der Waals surface area contributed by atoms with Gasteiger partial charge >= 0.3 is 10.4 Å². The van der Waals surface area contributed by atoms with Crippen LogP contribution in [0.5, 0.6) is 0 Å². The first-order valence-electron chi connectivity index (χ1n) is 5.76. The van der Waals surface area contributed by atoms with E-state index in [2.05, 4.69) is 0 Å². The lowest BCUT2D eigenvalue weighted by molar-refractivity contribution is -0.0813. The summed E-state index contributed by atoms with van der Waals surface area (Å²) in [5, 5.41) is 9.75. The Labute approximate surface area is 119 Å². The molecule has 1 aromatic rings. The fourth-order valence-electron chi connectivity index (χ4n) is 0.923. The first kappa shape index (κ1) is 20.9. The molecule has 0 saturated carbocycles. The zero-order chi connectivity index (χ0) is 16.3. The van der Waals surface area contributed by atoms with E-state index in [1.54, 1.807) is 6.07 Å². The van der Waals surface area contributed by atoms with Crippen molar-refractivity contribution < 1.29 is 22.7 Å². The van der Waals surface area contributed by atoms with Gasteiger partial charge in [0.25, 0.3) is 0 Å². The lowest BCUT2D eigenvalue weighted by Gasteiger charge is -2.05. The minimum absolute atomic E-state index is 0.719. The van der Waals surface area contributed by atoms with Gasteiger partial charge in [-0.05, 0) is 30.7 Å². The first-order chi connectivity index (χ1) is 9.01. The quantitative estimate of drug-likeness (QED) is 0.311. The number of aryl methyl sites for hydroxylation is 1. The van der Waals surface area contributed by atoms with Crippen LogP contribution in [0.25, 0.3) is 0 Å². The van der Waals surface area contributed by atoms with Crippen molar-refractivity contribution in [1.82, 2.24) is 5.06 Å². The van der Waals surface area contributed by atoms with E-state index in [1.807, 2.05) is 32.9 Å². The Morgan fingerprint density at radius 2 is 1.55 bits per heavy atom. The number of anilines is 2. The summed E-state index contributed by atoms with van der Waals surface area (Å²) in [6, 6.07) is 5.46. The lowest BCUT2D eigenvalue weighted by atomic mass is 10.2. The van der Waals surface area contributed by atoms with Gasteiger partial charge in [-0.15, -0.1) is 0 Å². The molecule has 0 unspecified atom stereocenters. The molecule has 0 aromatic heterocycles. The van der Waals surface area contributed by atoms with Crippen LogP contribution in [0, 0.1) is 6.92 Å². The van der Waals surface area contributed by atoms with Crippen molar-refractivity contribution in [1.29, 1.82) is 0 Å². The molecule has 0 atom stereocenters. The third-order valence-corrected chi connectivity index (χ3v) is 2.02. The molecule has 0 spiro atoms.